The lowest BCUT2D eigenvalue weighted by Crippen LogP contribution is -2.19. The van der Waals surface area contributed by atoms with Gasteiger partial charge < -0.3 is 9.84 Å². The van der Waals surface area contributed by atoms with Crippen molar-refractivity contribution in [2.24, 2.45) is 0 Å². The van der Waals surface area contributed by atoms with Crippen LogP contribution in [0.5, 0.6) is 0 Å². The van der Waals surface area contributed by atoms with E-state index in [0.29, 0.717) is 12.8 Å². The molecule has 0 aliphatic heterocycles. The summed E-state index contributed by atoms with van der Waals surface area (Å²) in [4.78, 5) is 23.3. The number of carbonyl (C=O) groups is 2. The molecular weight excluding hydrogens is 448 g/mol. The zero-order valence-electron chi connectivity index (χ0n) is 24.3. The molecular formula is C32H62O4. The van der Waals surface area contributed by atoms with Crippen molar-refractivity contribution in [2.75, 3.05) is 0 Å². The van der Waals surface area contributed by atoms with Crippen molar-refractivity contribution in [2.45, 2.75) is 193 Å². The minimum atomic E-state index is -0.811. The van der Waals surface area contributed by atoms with Gasteiger partial charge in [-0.2, -0.15) is 0 Å². The highest BCUT2D eigenvalue weighted by Gasteiger charge is 2.15. The molecule has 1 unspecified atom stereocenters. The van der Waals surface area contributed by atoms with Crippen LogP contribution in [0, 0.1) is 0 Å². The molecule has 4 nitrogen and oxygen atoms in total. The largest absolute Gasteiger partial charge is 0.481 e. The van der Waals surface area contributed by atoms with Crippen LogP contribution in [0.4, 0.5) is 0 Å². The van der Waals surface area contributed by atoms with Crippen molar-refractivity contribution in [3.8, 4) is 0 Å². The average Bonchev–Trinajstić information content (AvgIpc) is 2.86. The fourth-order valence-corrected chi connectivity index (χ4v) is 4.94. The smallest absolute Gasteiger partial charge is 0.306 e. The molecule has 0 aliphatic rings. The second-order valence-electron chi connectivity index (χ2n) is 11.0. The Morgan fingerprint density at radius 2 is 0.861 bits per heavy atom. The Balaban J connectivity index is 3.69. The number of aliphatic carboxylic acids is 1. The molecule has 36 heavy (non-hydrogen) atoms. The second kappa shape index (κ2) is 28.5. The maximum atomic E-state index is 12.3. The Kier molecular flexibility index (Phi) is 27.7. The van der Waals surface area contributed by atoms with Gasteiger partial charge in [0.15, 0.2) is 0 Å². The molecule has 0 saturated carbocycles. The summed E-state index contributed by atoms with van der Waals surface area (Å²) in [5.74, 6) is -0.950. The van der Waals surface area contributed by atoms with Crippen LogP contribution in [-0.2, 0) is 14.3 Å². The standard InChI is InChI=1S/C32H62O4/c1-3-5-7-9-11-13-14-15-16-17-18-19-21-23-25-27-32(35)36-30(28-29-31(33)34)26-24-22-20-12-10-8-6-4-2/h30H,3-29H2,1-2H3,(H,33,34). The molecule has 0 saturated heterocycles. The number of esters is 1. The van der Waals surface area contributed by atoms with E-state index in [0.717, 1.165) is 32.1 Å². The van der Waals surface area contributed by atoms with E-state index in [9.17, 15) is 9.59 Å². The molecule has 0 amide bonds. The van der Waals surface area contributed by atoms with Gasteiger partial charge in [0.25, 0.3) is 0 Å². The first kappa shape index (κ1) is 34.9. The summed E-state index contributed by atoms with van der Waals surface area (Å²) < 4.78 is 5.68. The van der Waals surface area contributed by atoms with Gasteiger partial charge in [0, 0.05) is 12.8 Å². The van der Waals surface area contributed by atoms with Gasteiger partial charge in [-0.25, -0.2) is 0 Å². The molecule has 1 atom stereocenters. The van der Waals surface area contributed by atoms with Gasteiger partial charge in [0.05, 0.1) is 0 Å². The third-order valence-corrected chi connectivity index (χ3v) is 7.34. The van der Waals surface area contributed by atoms with Crippen molar-refractivity contribution in [1.29, 1.82) is 0 Å². The number of carboxylic acid groups (broad SMARTS) is 1. The van der Waals surface area contributed by atoms with Crippen LogP contribution in [0.2, 0.25) is 0 Å². The lowest BCUT2D eigenvalue weighted by molar-refractivity contribution is -0.151. The van der Waals surface area contributed by atoms with E-state index >= 15 is 0 Å². The molecule has 214 valence electrons. The Labute approximate surface area is 224 Å². The van der Waals surface area contributed by atoms with E-state index in [2.05, 4.69) is 13.8 Å². The molecule has 0 aliphatic carbocycles. The van der Waals surface area contributed by atoms with E-state index in [1.54, 1.807) is 0 Å². The van der Waals surface area contributed by atoms with Crippen LogP contribution in [-0.4, -0.2) is 23.1 Å². The molecule has 4 heteroatoms. The van der Waals surface area contributed by atoms with Crippen LogP contribution in [0.15, 0.2) is 0 Å². The predicted octanol–water partition coefficient (Wildman–Crippen LogP) is 10.6. The molecule has 0 fully saturated rings. The highest BCUT2D eigenvalue weighted by atomic mass is 16.5. The van der Waals surface area contributed by atoms with Crippen LogP contribution >= 0.6 is 0 Å². The molecule has 0 aromatic rings. The predicted molar refractivity (Wildman–Crippen MR) is 154 cm³/mol. The summed E-state index contributed by atoms with van der Waals surface area (Å²) in [6.45, 7) is 4.51. The molecule has 0 aromatic carbocycles. The Hall–Kier alpha value is -1.06. The third kappa shape index (κ3) is 27.5. The first-order valence-electron chi connectivity index (χ1n) is 16.0. The Morgan fingerprint density at radius 3 is 1.25 bits per heavy atom. The van der Waals surface area contributed by atoms with Gasteiger partial charge >= 0.3 is 11.9 Å². The van der Waals surface area contributed by atoms with Crippen molar-refractivity contribution in [1.82, 2.24) is 0 Å². The number of hydrogen-bond acceptors (Lipinski definition) is 3. The van der Waals surface area contributed by atoms with E-state index in [1.165, 1.54) is 122 Å². The highest BCUT2D eigenvalue weighted by molar-refractivity contribution is 5.69. The minimum absolute atomic E-state index is 0.0773. The number of hydrogen-bond donors (Lipinski definition) is 1. The first-order chi connectivity index (χ1) is 17.6. The summed E-state index contributed by atoms with van der Waals surface area (Å²) >= 11 is 0. The van der Waals surface area contributed by atoms with Crippen molar-refractivity contribution < 1.29 is 19.4 Å². The summed E-state index contributed by atoms with van der Waals surface area (Å²) in [5.41, 5.74) is 0. The lowest BCUT2D eigenvalue weighted by Gasteiger charge is -2.17. The van der Waals surface area contributed by atoms with E-state index in [-0.39, 0.29) is 18.5 Å². The van der Waals surface area contributed by atoms with E-state index < -0.39 is 5.97 Å². The average molecular weight is 511 g/mol. The van der Waals surface area contributed by atoms with Gasteiger partial charge in [-0.15, -0.1) is 0 Å². The number of unbranched alkanes of at least 4 members (excludes halogenated alkanes) is 21. The quantitative estimate of drug-likeness (QED) is 0.0802. The van der Waals surface area contributed by atoms with Crippen LogP contribution in [0.3, 0.4) is 0 Å². The monoisotopic (exact) mass is 510 g/mol. The zero-order chi connectivity index (χ0) is 26.5. The SMILES string of the molecule is CCCCCCCCCCCCCCCCCC(=O)OC(CCCCCCCCCC)CCC(=O)O. The molecule has 0 spiro atoms. The van der Waals surface area contributed by atoms with Gasteiger partial charge in [0.2, 0.25) is 0 Å². The maximum Gasteiger partial charge on any atom is 0.306 e. The summed E-state index contributed by atoms with van der Waals surface area (Å²) in [6, 6.07) is 0. The van der Waals surface area contributed by atoms with Gasteiger partial charge in [-0.05, 0) is 25.7 Å². The van der Waals surface area contributed by atoms with Crippen LogP contribution in [0.25, 0.3) is 0 Å². The fraction of sp³-hybridized carbons (Fsp3) is 0.938. The van der Waals surface area contributed by atoms with E-state index in [1.807, 2.05) is 0 Å². The van der Waals surface area contributed by atoms with Crippen molar-refractivity contribution in [3.05, 3.63) is 0 Å². The van der Waals surface area contributed by atoms with E-state index in [4.69, 9.17) is 9.84 Å². The second-order valence-corrected chi connectivity index (χ2v) is 11.0. The van der Waals surface area contributed by atoms with Crippen molar-refractivity contribution in [3.63, 3.8) is 0 Å². The number of ether oxygens (including phenoxy) is 1. The summed E-state index contributed by atoms with van der Waals surface area (Å²) in [7, 11) is 0. The van der Waals surface area contributed by atoms with Crippen LogP contribution in [0.1, 0.15) is 187 Å². The Bertz CT molecular complexity index is 477. The normalized spacial score (nSPS) is 12.1. The molecule has 0 bridgehead atoms. The number of rotatable bonds is 29. The topological polar surface area (TPSA) is 63.6 Å². The van der Waals surface area contributed by atoms with Gasteiger partial charge in [-0.1, -0.05) is 149 Å². The van der Waals surface area contributed by atoms with Crippen molar-refractivity contribution >= 4 is 11.9 Å². The molecule has 1 N–H and O–H groups in total. The zero-order valence-corrected chi connectivity index (χ0v) is 24.3. The number of carbonyl (C=O) groups excluding carboxylic acids is 1. The lowest BCUT2D eigenvalue weighted by atomic mass is 10.0. The van der Waals surface area contributed by atoms with Gasteiger partial charge in [-0.3, -0.25) is 9.59 Å². The van der Waals surface area contributed by atoms with Gasteiger partial charge in [0.1, 0.15) is 6.10 Å². The minimum Gasteiger partial charge on any atom is -0.481 e. The maximum absolute atomic E-state index is 12.3. The Morgan fingerprint density at radius 1 is 0.500 bits per heavy atom. The molecule has 0 heterocycles. The van der Waals surface area contributed by atoms with Crippen LogP contribution < -0.4 is 0 Å². The summed E-state index contributed by atoms with van der Waals surface area (Å²) in [5, 5.41) is 9.02. The molecule has 0 radical (unpaired) electrons. The first-order valence-corrected chi connectivity index (χ1v) is 16.0. The molecule has 0 rings (SSSR count). The number of carboxylic acids is 1. The third-order valence-electron chi connectivity index (χ3n) is 7.34. The summed E-state index contributed by atoms with van der Waals surface area (Å²) in [6.07, 6.45) is 31.1. The molecule has 0 aromatic heterocycles. The highest BCUT2D eigenvalue weighted by Crippen LogP contribution is 2.17. The fourth-order valence-electron chi connectivity index (χ4n) is 4.94.